The van der Waals surface area contributed by atoms with Gasteiger partial charge < -0.3 is 0 Å². The molecule has 1 aromatic carbocycles. The molecule has 0 aliphatic carbocycles. The van der Waals surface area contributed by atoms with Crippen molar-refractivity contribution in [2.24, 2.45) is 0 Å². The van der Waals surface area contributed by atoms with Crippen LogP contribution < -0.4 is 0 Å². The molecule has 2 rings (SSSR count). The molecule has 0 fully saturated rings. The summed E-state index contributed by atoms with van der Waals surface area (Å²) in [6.07, 6.45) is -2.94. The number of nitrogens with zero attached hydrogens (tertiary/aromatic N) is 2. The number of alkyl halides is 3. The molecule has 0 aliphatic rings. The van der Waals surface area contributed by atoms with Gasteiger partial charge >= 0.3 is 6.18 Å². The van der Waals surface area contributed by atoms with Crippen LogP contribution in [0, 0.1) is 0 Å². The van der Waals surface area contributed by atoms with E-state index in [0.29, 0.717) is 10.6 Å². The largest absolute Gasteiger partial charge is 0.454 e. The summed E-state index contributed by atoms with van der Waals surface area (Å²) in [5.41, 5.74) is 0.220. The Morgan fingerprint density at radius 3 is 2.63 bits per heavy atom. The van der Waals surface area contributed by atoms with E-state index < -0.39 is 17.5 Å². The van der Waals surface area contributed by atoms with Gasteiger partial charge in [0.1, 0.15) is 0 Å². The molecule has 1 aromatic heterocycles. The van der Waals surface area contributed by atoms with Crippen LogP contribution >= 0.6 is 11.6 Å². The molecule has 0 N–H and O–H groups in total. The third-order valence-electron chi connectivity index (χ3n) is 2.44. The Labute approximate surface area is 111 Å². The van der Waals surface area contributed by atoms with Crippen LogP contribution in [0.1, 0.15) is 15.9 Å². The zero-order chi connectivity index (χ0) is 14.0. The van der Waals surface area contributed by atoms with Gasteiger partial charge in [-0.2, -0.15) is 18.3 Å². The third-order valence-corrected chi connectivity index (χ3v) is 2.81. The Bertz CT molecular complexity index is 607. The van der Waals surface area contributed by atoms with Gasteiger partial charge in [-0.3, -0.25) is 9.48 Å². The van der Waals surface area contributed by atoms with Crippen LogP contribution in [0.5, 0.6) is 0 Å². The van der Waals surface area contributed by atoms with Gasteiger partial charge in [-0.1, -0.05) is 29.8 Å². The second-order valence-electron chi connectivity index (χ2n) is 3.84. The van der Waals surface area contributed by atoms with E-state index in [9.17, 15) is 18.0 Å². The van der Waals surface area contributed by atoms with Crippen molar-refractivity contribution in [1.29, 1.82) is 0 Å². The molecule has 0 saturated heterocycles. The average Bonchev–Trinajstić information content (AvgIpc) is 2.78. The first-order valence-electron chi connectivity index (χ1n) is 5.25. The van der Waals surface area contributed by atoms with E-state index >= 15 is 0 Å². The molecule has 0 spiro atoms. The van der Waals surface area contributed by atoms with Crippen LogP contribution in [-0.4, -0.2) is 21.7 Å². The van der Waals surface area contributed by atoms with E-state index in [1.807, 2.05) is 0 Å². The van der Waals surface area contributed by atoms with Gasteiger partial charge in [0.05, 0.1) is 18.3 Å². The lowest BCUT2D eigenvalue weighted by molar-refractivity contribution is -0.0885. The standard InChI is InChI=1S/C12H8ClF3N2O/c13-10-4-2-1-3-8(10)6-18-7-9(5-17-18)11(19)12(14,15)16/h1-5,7H,6H2. The van der Waals surface area contributed by atoms with E-state index in [1.165, 1.54) is 4.68 Å². The van der Waals surface area contributed by atoms with Gasteiger partial charge in [0.25, 0.3) is 5.78 Å². The normalized spacial score (nSPS) is 11.6. The number of hydrogen-bond acceptors (Lipinski definition) is 2. The maximum atomic E-state index is 12.2. The third kappa shape index (κ3) is 3.14. The molecule has 7 heteroatoms. The first-order valence-corrected chi connectivity index (χ1v) is 5.63. The van der Waals surface area contributed by atoms with Crippen LogP contribution in [0.4, 0.5) is 13.2 Å². The monoisotopic (exact) mass is 288 g/mol. The zero-order valence-electron chi connectivity index (χ0n) is 9.49. The number of hydrogen-bond donors (Lipinski definition) is 0. The summed E-state index contributed by atoms with van der Waals surface area (Å²) >= 11 is 5.93. The number of ketones is 1. The van der Waals surface area contributed by atoms with Crippen LogP contribution in [0.2, 0.25) is 5.02 Å². The number of benzene rings is 1. The number of carbonyl (C=O) groups excluding carboxylic acids is 1. The summed E-state index contributed by atoms with van der Waals surface area (Å²) in [4.78, 5) is 11.0. The lowest BCUT2D eigenvalue weighted by atomic mass is 10.2. The molecule has 1 heterocycles. The summed E-state index contributed by atoms with van der Waals surface area (Å²) in [7, 11) is 0. The van der Waals surface area contributed by atoms with Crippen molar-refractivity contribution in [2.45, 2.75) is 12.7 Å². The molecule has 0 amide bonds. The van der Waals surface area contributed by atoms with Gasteiger partial charge in [-0.15, -0.1) is 0 Å². The maximum Gasteiger partial charge on any atom is 0.454 e. The molecule has 0 unspecified atom stereocenters. The molecule has 0 radical (unpaired) electrons. The maximum absolute atomic E-state index is 12.2. The van der Waals surface area contributed by atoms with E-state index in [4.69, 9.17) is 11.6 Å². The Balaban J connectivity index is 2.19. The first kappa shape index (κ1) is 13.6. The lowest BCUT2D eigenvalue weighted by Gasteiger charge is -2.04. The van der Waals surface area contributed by atoms with Crippen LogP contribution in [0.3, 0.4) is 0 Å². The van der Waals surface area contributed by atoms with Crippen molar-refractivity contribution in [1.82, 2.24) is 9.78 Å². The lowest BCUT2D eigenvalue weighted by Crippen LogP contribution is -2.22. The number of aromatic nitrogens is 2. The van der Waals surface area contributed by atoms with Gasteiger partial charge in [0.15, 0.2) is 0 Å². The molecule has 3 nitrogen and oxygen atoms in total. The molecule has 0 bridgehead atoms. The highest BCUT2D eigenvalue weighted by Gasteiger charge is 2.39. The topological polar surface area (TPSA) is 34.9 Å². The van der Waals surface area contributed by atoms with Gasteiger partial charge in [0, 0.05) is 11.2 Å². The van der Waals surface area contributed by atoms with E-state index in [1.54, 1.807) is 24.3 Å². The number of halogens is 4. The van der Waals surface area contributed by atoms with Crippen molar-refractivity contribution in [2.75, 3.05) is 0 Å². The van der Waals surface area contributed by atoms with E-state index in [-0.39, 0.29) is 6.54 Å². The fourth-order valence-electron chi connectivity index (χ4n) is 1.53. The van der Waals surface area contributed by atoms with E-state index in [2.05, 4.69) is 5.10 Å². The number of Topliss-reactive ketones (excluding diaryl/α,β-unsaturated/α-hetero) is 1. The predicted molar refractivity (Wildman–Crippen MR) is 63.2 cm³/mol. The highest BCUT2D eigenvalue weighted by atomic mass is 35.5. The minimum absolute atomic E-state index is 0.199. The summed E-state index contributed by atoms with van der Waals surface area (Å²) < 4.78 is 37.9. The molecule has 0 saturated carbocycles. The Morgan fingerprint density at radius 2 is 2.00 bits per heavy atom. The van der Waals surface area contributed by atoms with Crippen molar-refractivity contribution >= 4 is 17.4 Å². The molecule has 0 atom stereocenters. The van der Waals surface area contributed by atoms with Gasteiger partial charge in [0.2, 0.25) is 0 Å². The zero-order valence-corrected chi connectivity index (χ0v) is 10.2. The number of rotatable bonds is 3. The first-order chi connectivity index (χ1) is 8.88. The van der Waals surface area contributed by atoms with Crippen molar-refractivity contribution in [3.8, 4) is 0 Å². The molecule has 100 valence electrons. The Morgan fingerprint density at radius 1 is 1.32 bits per heavy atom. The van der Waals surface area contributed by atoms with Gasteiger partial charge in [-0.05, 0) is 11.6 Å². The average molecular weight is 289 g/mol. The summed E-state index contributed by atoms with van der Waals surface area (Å²) in [6.45, 7) is 0.199. The molecule has 19 heavy (non-hydrogen) atoms. The number of carbonyl (C=O) groups is 1. The quantitative estimate of drug-likeness (QED) is 0.812. The highest BCUT2D eigenvalue weighted by Crippen LogP contribution is 2.21. The summed E-state index contributed by atoms with van der Waals surface area (Å²) in [5, 5.41) is 4.21. The van der Waals surface area contributed by atoms with Gasteiger partial charge in [-0.25, -0.2) is 0 Å². The highest BCUT2D eigenvalue weighted by molar-refractivity contribution is 6.31. The molecular weight excluding hydrogens is 281 g/mol. The second-order valence-corrected chi connectivity index (χ2v) is 4.25. The summed E-state index contributed by atoms with van der Waals surface area (Å²) in [5.74, 6) is -1.90. The van der Waals surface area contributed by atoms with Crippen LogP contribution in [0.15, 0.2) is 36.7 Å². The fraction of sp³-hybridized carbons (Fsp3) is 0.167. The van der Waals surface area contributed by atoms with Crippen LogP contribution in [0.25, 0.3) is 0 Å². The summed E-state index contributed by atoms with van der Waals surface area (Å²) in [6, 6.07) is 6.90. The van der Waals surface area contributed by atoms with Crippen molar-refractivity contribution in [3.05, 3.63) is 52.8 Å². The van der Waals surface area contributed by atoms with Crippen molar-refractivity contribution in [3.63, 3.8) is 0 Å². The Kier molecular flexibility index (Phi) is 3.61. The smallest absolute Gasteiger partial charge is 0.284 e. The molecule has 2 aromatic rings. The Hall–Kier alpha value is -1.82. The molecular formula is C12H8ClF3N2O. The minimum Gasteiger partial charge on any atom is -0.284 e. The fourth-order valence-corrected chi connectivity index (χ4v) is 1.73. The van der Waals surface area contributed by atoms with Crippen molar-refractivity contribution < 1.29 is 18.0 Å². The predicted octanol–water partition coefficient (Wildman–Crippen LogP) is 3.33. The van der Waals surface area contributed by atoms with E-state index in [0.717, 1.165) is 12.4 Å². The van der Waals surface area contributed by atoms with Crippen LogP contribution in [-0.2, 0) is 6.54 Å². The SMILES string of the molecule is O=C(c1cnn(Cc2ccccc2Cl)c1)C(F)(F)F. The molecule has 0 aliphatic heterocycles. The second kappa shape index (κ2) is 5.05. The minimum atomic E-state index is -4.89.